The minimum atomic E-state index is -2.82. The van der Waals surface area contributed by atoms with Crippen LogP contribution >= 0.6 is 0 Å². The quantitative estimate of drug-likeness (QED) is 0.104. The minimum absolute atomic E-state index is 0.525. The third-order valence-electron chi connectivity index (χ3n) is 11.9. The predicted molar refractivity (Wildman–Crippen MR) is 261 cm³/mol. The van der Waals surface area contributed by atoms with Gasteiger partial charge in [0.25, 0.3) is 0 Å². The van der Waals surface area contributed by atoms with Crippen molar-refractivity contribution >= 4 is 57.6 Å². The summed E-state index contributed by atoms with van der Waals surface area (Å²) in [6, 6.07) is 89.5. The van der Waals surface area contributed by atoms with Crippen LogP contribution in [-0.2, 0) is 0 Å². The van der Waals surface area contributed by atoms with Crippen LogP contribution in [0.5, 0.6) is 0 Å². The SMILES string of the molecule is c1ccc([Si](c2ccccc2)(c2ccccc2)c2cccc(-c3nc(-c4cccc([Si](c5ccccc5)(c5ccccc5)c5ccccc5)c4)nc(-c4ccccn4)n3)c2)cc1. The molecule has 0 N–H and O–H groups in total. The maximum atomic E-state index is 5.36. The minimum Gasteiger partial charge on any atom is -0.253 e. The summed E-state index contributed by atoms with van der Waals surface area (Å²) in [6.45, 7) is 0. The number of pyridine rings is 1. The van der Waals surface area contributed by atoms with E-state index in [1.54, 1.807) is 6.20 Å². The average molecular weight is 827 g/mol. The van der Waals surface area contributed by atoms with Crippen molar-refractivity contribution < 1.29 is 0 Å². The van der Waals surface area contributed by atoms with E-state index < -0.39 is 16.1 Å². The summed E-state index contributed by atoms with van der Waals surface area (Å²) in [6.07, 6.45) is 1.79. The second-order valence-electron chi connectivity index (χ2n) is 15.4. The van der Waals surface area contributed by atoms with Crippen LogP contribution in [0.1, 0.15) is 0 Å². The van der Waals surface area contributed by atoms with E-state index in [0.717, 1.165) is 11.1 Å². The average Bonchev–Trinajstić information content (AvgIpc) is 3.37. The van der Waals surface area contributed by atoms with Crippen LogP contribution in [-0.4, -0.2) is 36.1 Å². The van der Waals surface area contributed by atoms with E-state index in [1.165, 1.54) is 41.5 Å². The maximum absolute atomic E-state index is 5.36. The Balaban J connectivity index is 1.20. The molecule has 0 aliphatic rings. The van der Waals surface area contributed by atoms with Gasteiger partial charge in [-0.25, -0.2) is 15.0 Å². The van der Waals surface area contributed by atoms with Gasteiger partial charge in [0.1, 0.15) is 5.69 Å². The summed E-state index contributed by atoms with van der Waals surface area (Å²) in [5.41, 5.74) is 2.52. The van der Waals surface area contributed by atoms with E-state index in [0.29, 0.717) is 23.2 Å². The van der Waals surface area contributed by atoms with Crippen molar-refractivity contribution in [1.29, 1.82) is 0 Å². The first-order chi connectivity index (χ1) is 30.7. The van der Waals surface area contributed by atoms with Crippen molar-refractivity contribution in [1.82, 2.24) is 19.9 Å². The van der Waals surface area contributed by atoms with Crippen LogP contribution < -0.4 is 41.5 Å². The highest BCUT2D eigenvalue weighted by atomic mass is 28.3. The molecular formula is C56H42N4Si2. The fraction of sp³-hybridized carbons (Fsp3) is 0. The molecule has 6 heteroatoms. The summed E-state index contributed by atoms with van der Waals surface area (Å²) in [5, 5.41) is 10.3. The van der Waals surface area contributed by atoms with Crippen molar-refractivity contribution in [3.63, 3.8) is 0 Å². The lowest BCUT2D eigenvalue weighted by atomic mass is 10.2. The molecule has 62 heavy (non-hydrogen) atoms. The van der Waals surface area contributed by atoms with Crippen LogP contribution in [0.4, 0.5) is 0 Å². The van der Waals surface area contributed by atoms with Crippen LogP contribution in [0.2, 0.25) is 0 Å². The van der Waals surface area contributed by atoms with Gasteiger partial charge in [0.2, 0.25) is 0 Å². The highest BCUT2D eigenvalue weighted by Crippen LogP contribution is 2.25. The van der Waals surface area contributed by atoms with Gasteiger partial charge in [-0.2, -0.15) is 0 Å². The third-order valence-corrected chi connectivity index (χ3v) is 21.4. The Morgan fingerprint density at radius 1 is 0.242 bits per heavy atom. The van der Waals surface area contributed by atoms with Gasteiger partial charge < -0.3 is 0 Å². The summed E-state index contributed by atoms with van der Waals surface area (Å²) in [4.78, 5) is 20.5. The van der Waals surface area contributed by atoms with E-state index in [4.69, 9.17) is 19.9 Å². The van der Waals surface area contributed by atoms with Gasteiger partial charge in [-0.05, 0) is 53.6 Å². The van der Waals surface area contributed by atoms with Crippen LogP contribution in [0.15, 0.2) is 255 Å². The Morgan fingerprint density at radius 3 is 0.839 bits per heavy atom. The third kappa shape index (κ3) is 7.01. The number of nitrogens with zero attached hydrogens (tertiary/aromatic N) is 4. The van der Waals surface area contributed by atoms with Crippen molar-refractivity contribution in [2.24, 2.45) is 0 Å². The fourth-order valence-corrected chi connectivity index (χ4v) is 18.7. The zero-order valence-electron chi connectivity index (χ0n) is 34.0. The Kier molecular flexibility index (Phi) is 10.7. The monoisotopic (exact) mass is 826 g/mol. The Labute approximate surface area is 365 Å². The summed E-state index contributed by atoms with van der Waals surface area (Å²) in [5.74, 6) is 1.71. The van der Waals surface area contributed by atoms with Gasteiger partial charge in [-0.15, -0.1) is 0 Å². The standard InChI is InChI=1S/C56H42N4Si2/c1-7-25-45(26-8-1)61(46-27-9-2-10-28-46,47-29-11-3-12-30-47)51-37-21-23-43(41-51)54-58-55(60-56(59-54)53-39-19-20-40-57-53)44-24-22-38-52(42-44)62(48-31-13-4-14-32-48,49-33-15-5-16-34-49)50-35-17-6-18-36-50/h1-42H. The molecule has 294 valence electrons. The van der Waals surface area contributed by atoms with E-state index in [-0.39, 0.29) is 0 Å². The number of benzene rings is 8. The highest BCUT2D eigenvalue weighted by molar-refractivity contribution is 7.20. The zero-order valence-corrected chi connectivity index (χ0v) is 36.0. The molecule has 10 rings (SSSR count). The van der Waals surface area contributed by atoms with E-state index in [2.05, 4.69) is 231 Å². The fourth-order valence-electron chi connectivity index (χ4n) is 9.16. The molecule has 0 aliphatic carbocycles. The maximum Gasteiger partial charge on any atom is 0.182 e. The molecular weight excluding hydrogens is 785 g/mol. The first-order valence-electron chi connectivity index (χ1n) is 21.0. The van der Waals surface area contributed by atoms with Crippen molar-refractivity contribution in [3.05, 3.63) is 255 Å². The Morgan fingerprint density at radius 2 is 0.532 bits per heavy atom. The molecule has 0 amide bonds. The van der Waals surface area contributed by atoms with Crippen molar-refractivity contribution in [2.45, 2.75) is 0 Å². The molecule has 8 aromatic carbocycles. The Bertz CT molecular complexity index is 2670. The van der Waals surface area contributed by atoms with E-state index in [9.17, 15) is 0 Å². The largest absolute Gasteiger partial charge is 0.253 e. The molecule has 0 aliphatic heterocycles. The van der Waals surface area contributed by atoms with E-state index in [1.807, 2.05) is 18.2 Å². The summed E-state index contributed by atoms with van der Waals surface area (Å²) in [7, 11) is -5.65. The van der Waals surface area contributed by atoms with Gasteiger partial charge in [0.05, 0.1) is 0 Å². The molecule has 2 heterocycles. The molecule has 0 saturated heterocycles. The van der Waals surface area contributed by atoms with Gasteiger partial charge in [0.15, 0.2) is 33.6 Å². The second kappa shape index (κ2) is 17.1. The second-order valence-corrected chi connectivity index (χ2v) is 23.0. The van der Waals surface area contributed by atoms with Gasteiger partial charge in [-0.3, -0.25) is 4.98 Å². The van der Waals surface area contributed by atoms with Crippen LogP contribution in [0, 0.1) is 0 Å². The number of hydrogen-bond donors (Lipinski definition) is 0. The normalized spacial score (nSPS) is 11.5. The lowest BCUT2D eigenvalue weighted by Gasteiger charge is -2.34. The highest BCUT2D eigenvalue weighted by Gasteiger charge is 2.43. The smallest absolute Gasteiger partial charge is 0.182 e. The first-order valence-corrected chi connectivity index (χ1v) is 25.0. The molecule has 0 saturated carbocycles. The lowest BCUT2D eigenvalue weighted by molar-refractivity contribution is 1.06. The molecule has 0 radical (unpaired) electrons. The first kappa shape index (κ1) is 38.5. The van der Waals surface area contributed by atoms with Crippen molar-refractivity contribution in [2.75, 3.05) is 0 Å². The number of rotatable bonds is 11. The lowest BCUT2D eigenvalue weighted by Crippen LogP contribution is -2.74. The topological polar surface area (TPSA) is 51.6 Å². The molecule has 2 aromatic heterocycles. The number of hydrogen-bond acceptors (Lipinski definition) is 4. The molecule has 0 unspecified atom stereocenters. The summed E-state index contributed by atoms with van der Waals surface area (Å²) >= 11 is 0. The zero-order chi connectivity index (χ0) is 41.6. The summed E-state index contributed by atoms with van der Waals surface area (Å²) < 4.78 is 0. The van der Waals surface area contributed by atoms with E-state index >= 15 is 0 Å². The van der Waals surface area contributed by atoms with Crippen LogP contribution in [0.3, 0.4) is 0 Å². The van der Waals surface area contributed by atoms with Gasteiger partial charge in [-0.1, -0.05) is 237 Å². The van der Waals surface area contributed by atoms with Gasteiger partial charge in [0, 0.05) is 17.3 Å². The molecule has 10 aromatic rings. The molecule has 4 nitrogen and oxygen atoms in total. The van der Waals surface area contributed by atoms with Gasteiger partial charge >= 0.3 is 0 Å². The van der Waals surface area contributed by atoms with Crippen LogP contribution in [0.25, 0.3) is 34.3 Å². The molecule has 0 atom stereocenters. The molecule has 0 spiro atoms. The Hall–Kier alpha value is -7.65. The molecule has 0 bridgehead atoms. The predicted octanol–water partition coefficient (Wildman–Crippen LogP) is 7.02. The molecule has 0 fully saturated rings. The number of aromatic nitrogens is 4. The van der Waals surface area contributed by atoms with Crippen molar-refractivity contribution in [3.8, 4) is 34.3 Å².